The molecule has 0 unspecified atom stereocenters. The molecule has 0 aromatic rings. The zero-order valence-corrected chi connectivity index (χ0v) is 23.8. The summed E-state index contributed by atoms with van der Waals surface area (Å²) in [7, 11) is 0. The molecule has 4 rings (SSSR count). The maximum absolute atomic E-state index is 4.79. The first-order valence-electron chi connectivity index (χ1n) is 15.4. The molecule has 35 heavy (non-hydrogen) atoms. The average molecular weight is 515 g/mol. The number of nitrogens with zero attached hydrogens (tertiary/aromatic N) is 2. The molecule has 4 saturated carbocycles. The number of aliphatic imine (C=N–C) groups is 2. The fourth-order valence-electron chi connectivity index (χ4n) is 8.34. The van der Waals surface area contributed by atoms with Gasteiger partial charge in [-0.05, 0) is 137 Å². The van der Waals surface area contributed by atoms with Crippen LogP contribution in [0.4, 0.5) is 0 Å². The van der Waals surface area contributed by atoms with Crippen molar-refractivity contribution in [2.75, 3.05) is 0 Å². The fourth-order valence-corrected chi connectivity index (χ4v) is 8.64. The van der Waals surface area contributed by atoms with Gasteiger partial charge in [0.2, 0.25) is 0 Å². The summed E-state index contributed by atoms with van der Waals surface area (Å²) in [5.74, 6) is 6.08. The lowest BCUT2D eigenvalue weighted by Crippen LogP contribution is -2.26. The maximum Gasteiger partial charge on any atom is 0.0603 e. The third-order valence-corrected chi connectivity index (χ3v) is 11.0. The van der Waals surface area contributed by atoms with Crippen LogP contribution in [0, 0.1) is 35.5 Å². The molecule has 0 bridgehead atoms. The Labute approximate surface area is 226 Å². The van der Waals surface area contributed by atoms with Gasteiger partial charge in [0.1, 0.15) is 0 Å². The van der Waals surface area contributed by atoms with Crippen LogP contribution >= 0.6 is 24.4 Å². The molecule has 0 saturated heterocycles. The van der Waals surface area contributed by atoms with E-state index in [9.17, 15) is 0 Å². The summed E-state index contributed by atoms with van der Waals surface area (Å²) >= 11 is 9.57. The first kappa shape index (κ1) is 27.6. The van der Waals surface area contributed by atoms with Crippen LogP contribution in [-0.2, 0) is 0 Å². The van der Waals surface area contributed by atoms with Crippen molar-refractivity contribution in [1.29, 1.82) is 0 Å². The van der Waals surface area contributed by atoms with Gasteiger partial charge in [-0.1, -0.05) is 57.8 Å². The van der Waals surface area contributed by atoms with Crippen LogP contribution in [-0.4, -0.2) is 22.4 Å². The summed E-state index contributed by atoms with van der Waals surface area (Å²) in [5, 5.41) is 5.19. The van der Waals surface area contributed by atoms with Gasteiger partial charge in [0.25, 0.3) is 0 Å². The Balaban J connectivity index is 1.03. The first-order chi connectivity index (χ1) is 17.2. The lowest BCUT2D eigenvalue weighted by Gasteiger charge is -2.38. The largest absolute Gasteiger partial charge is 0.229 e. The van der Waals surface area contributed by atoms with Crippen molar-refractivity contribution >= 4 is 34.8 Å². The Bertz CT molecular complexity index is 693. The van der Waals surface area contributed by atoms with Gasteiger partial charge in [-0.15, -0.1) is 0 Å². The summed E-state index contributed by atoms with van der Waals surface area (Å²) in [6.07, 6.45) is 30.1. The Kier molecular flexibility index (Phi) is 11.9. The van der Waals surface area contributed by atoms with E-state index in [0.29, 0.717) is 12.1 Å². The highest BCUT2D eigenvalue weighted by Gasteiger charge is 2.31. The topological polar surface area (TPSA) is 24.7 Å². The van der Waals surface area contributed by atoms with Crippen LogP contribution in [0.3, 0.4) is 0 Å². The third-order valence-electron chi connectivity index (χ3n) is 10.8. The lowest BCUT2D eigenvalue weighted by molar-refractivity contribution is 0.135. The second-order valence-corrected chi connectivity index (χ2v) is 13.2. The average Bonchev–Trinajstić information content (AvgIpc) is 2.90. The zero-order chi connectivity index (χ0) is 24.3. The fraction of sp³-hybridized carbons (Fsp3) is 0.935. The van der Waals surface area contributed by atoms with Gasteiger partial charge >= 0.3 is 0 Å². The minimum atomic E-state index is 0.482. The molecule has 0 aromatic carbocycles. The summed E-state index contributed by atoms with van der Waals surface area (Å²) in [6, 6.07) is 0.965. The van der Waals surface area contributed by atoms with Crippen molar-refractivity contribution in [3.63, 3.8) is 0 Å². The van der Waals surface area contributed by atoms with Crippen molar-refractivity contribution in [3.8, 4) is 0 Å². The predicted octanol–water partition coefficient (Wildman–Crippen LogP) is 9.87. The molecule has 4 aliphatic rings. The Morgan fingerprint density at radius 2 is 0.743 bits per heavy atom. The molecule has 2 nitrogen and oxygen atoms in total. The third kappa shape index (κ3) is 9.14. The summed E-state index contributed by atoms with van der Waals surface area (Å²) in [4.78, 5) is 8.64. The Morgan fingerprint density at radius 3 is 1.09 bits per heavy atom. The molecule has 4 aliphatic carbocycles. The van der Waals surface area contributed by atoms with Crippen LogP contribution in [0.25, 0.3) is 0 Å². The molecular formula is C31H50N2S2. The van der Waals surface area contributed by atoms with Crippen molar-refractivity contribution in [3.05, 3.63) is 0 Å². The number of thiocarbonyl (C=S) groups is 2. The molecule has 0 aromatic heterocycles. The van der Waals surface area contributed by atoms with Gasteiger partial charge in [0.15, 0.2) is 0 Å². The highest BCUT2D eigenvalue weighted by Crippen LogP contribution is 2.44. The van der Waals surface area contributed by atoms with Gasteiger partial charge < -0.3 is 0 Å². The first-order valence-corrected chi connectivity index (χ1v) is 16.2. The van der Waals surface area contributed by atoms with Crippen LogP contribution in [0.1, 0.15) is 135 Å². The van der Waals surface area contributed by atoms with E-state index in [-0.39, 0.29) is 0 Å². The van der Waals surface area contributed by atoms with Crippen LogP contribution < -0.4 is 0 Å². The van der Waals surface area contributed by atoms with Gasteiger partial charge in [-0.2, -0.15) is 0 Å². The summed E-state index contributed by atoms with van der Waals surface area (Å²) < 4.78 is 0. The molecule has 0 spiro atoms. The molecule has 0 aliphatic heterocycles. The van der Waals surface area contributed by atoms with Gasteiger partial charge in [-0.3, -0.25) is 0 Å². The normalized spacial score (nSPS) is 38.2. The summed E-state index contributed by atoms with van der Waals surface area (Å²) in [5.41, 5.74) is 0. The van der Waals surface area contributed by atoms with Gasteiger partial charge in [0, 0.05) is 0 Å². The number of hydrogen-bond acceptors (Lipinski definition) is 4. The number of hydrogen-bond donors (Lipinski definition) is 0. The van der Waals surface area contributed by atoms with Crippen LogP contribution in [0.15, 0.2) is 9.98 Å². The number of rotatable bonds is 10. The standard InChI is InChI=1S/C31H50N2S2/c34-22-32-30-18-10-25(11-19-30)3-1-2-24-6-14-28(15-7-24)29-16-8-26(9-17-29)4-5-27-12-20-31(21-13-27)33-23-35/h24-31H,1-21H2. The predicted molar refractivity (Wildman–Crippen MR) is 156 cm³/mol. The number of isothiocyanates is 2. The smallest absolute Gasteiger partial charge is 0.0603 e. The molecule has 196 valence electrons. The van der Waals surface area contributed by atoms with Crippen molar-refractivity contribution in [2.45, 2.75) is 147 Å². The molecule has 0 atom stereocenters. The monoisotopic (exact) mass is 514 g/mol. The second-order valence-electron chi connectivity index (χ2n) is 12.9. The van der Waals surface area contributed by atoms with E-state index >= 15 is 0 Å². The Hall–Kier alpha value is -0.400. The van der Waals surface area contributed by atoms with E-state index in [1.54, 1.807) is 0 Å². The maximum atomic E-state index is 4.79. The summed E-state index contributed by atoms with van der Waals surface area (Å²) in [6.45, 7) is 0. The Morgan fingerprint density at radius 1 is 0.429 bits per heavy atom. The molecule has 4 fully saturated rings. The highest BCUT2D eigenvalue weighted by molar-refractivity contribution is 7.78. The van der Waals surface area contributed by atoms with Crippen LogP contribution in [0.2, 0.25) is 0 Å². The van der Waals surface area contributed by atoms with Crippen molar-refractivity contribution in [2.24, 2.45) is 45.5 Å². The lowest BCUT2D eigenvalue weighted by atomic mass is 9.68. The van der Waals surface area contributed by atoms with Crippen LogP contribution in [0.5, 0.6) is 0 Å². The molecular weight excluding hydrogens is 464 g/mol. The quantitative estimate of drug-likeness (QED) is 0.214. The molecule has 0 radical (unpaired) electrons. The molecule has 0 heterocycles. The van der Waals surface area contributed by atoms with Crippen molar-refractivity contribution in [1.82, 2.24) is 0 Å². The molecule has 4 heteroatoms. The van der Waals surface area contributed by atoms with E-state index in [1.807, 2.05) is 0 Å². The van der Waals surface area contributed by atoms with E-state index in [4.69, 9.17) is 24.4 Å². The van der Waals surface area contributed by atoms with E-state index in [1.165, 1.54) is 135 Å². The van der Waals surface area contributed by atoms with Crippen molar-refractivity contribution < 1.29 is 0 Å². The highest BCUT2D eigenvalue weighted by atomic mass is 32.1. The zero-order valence-electron chi connectivity index (χ0n) is 22.2. The van der Waals surface area contributed by atoms with E-state index in [2.05, 4.69) is 20.3 Å². The molecule has 0 amide bonds. The van der Waals surface area contributed by atoms with Gasteiger partial charge in [-0.25, -0.2) is 9.98 Å². The van der Waals surface area contributed by atoms with E-state index in [0.717, 1.165) is 35.5 Å². The SMILES string of the molecule is S=C=NC1CCC(CCCC2CCC(C3CCC(CCC4CCC(N=C=S)CC4)CC3)CC2)CC1. The second kappa shape index (κ2) is 15.1. The van der Waals surface area contributed by atoms with Gasteiger partial charge in [0.05, 0.1) is 22.4 Å². The minimum Gasteiger partial charge on any atom is -0.229 e. The molecule has 0 N–H and O–H groups in total. The minimum absolute atomic E-state index is 0.482. The van der Waals surface area contributed by atoms with E-state index < -0.39 is 0 Å².